The normalized spacial score (nSPS) is 15.9. The second-order valence-electron chi connectivity index (χ2n) is 10.4. The largest absolute Gasteiger partial charge is 0.451 e. The summed E-state index contributed by atoms with van der Waals surface area (Å²) in [6.45, 7) is 15.5. The first kappa shape index (κ1) is 22.6. The van der Waals surface area contributed by atoms with Gasteiger partial charge in [0.2, 0.25) is 0 Å². The number of fused-ring (bicyclic) bond motifs is 1. The maximum Gasteiger partial charge on any atom is 0.287 e. The maximum atomic E-state index is 13.1. The lowest BCUT2D eigenvalue weighted by atomic mass is 9.86. The van der Waals surface area contributed by atoms with Gasteiger partial charge in [-0.1, -0.05) is 51.1 Å². The van der Waals surface area contributed by atoms with Crippen LogP contribution in [0.5, 0.6) is 0 Å². The summed E-state index contributed by atoms with van der Waals surface area (Å²) in [7, 11) is 0. The summed E-state index contributed by atoms with van der Waals surface area (Å²) in [4.78, 5) is 15.6. The third kappa shape index (κ3) is 4.47. The van der Waals surface area contributed by atoms with Gasteiger partial charge in [-0.05, 0) is 80.4 Å². The van der Waals surface area contributed by atoms with Crippen LogP contribution in [-0.4, -0.2) is 30.4 Å². The lowest BCUT2D eigenvalue weighted by Crippen LogP contribution is -2.37. The zero-order valence-corrected chi connectivity index (χ0v) is 20.3. The van der Waals surface area contributed by atoms with E-state index < -0.39 is 0 Å². The van der Waals surface area contributed by atoms with Crippen LogP contribution in [-0.2, 0) is 5.41 Å². The minimum atomic E-state index is -0.133. The number of aryl methyl sites for hydroxylation is 3. The molecule has 1 aromatic heterocycles. The molecule has 0 radical (unpaired) electrons. The van der Waals surface area contributed by atoms with Gasteiger partial charge in [0.1, 0.15) is 5.58 Å². The van der Waals surface area contributed by atoms with Crippen LogP contribution in [0.4, 0.5) is 0 Å². The zero-order valence-electron chi connectivity index (χ0n) is 20.3. The van der Waals surface area contributed by atoms with Gasteiger partial charge < -0.3 is 9.73 Å². The molecule has 32 heavy (non-hydrogen) atoms. The molecule has 0 bridgehead atoms. The number of nitrogens with one attached hydrogen (secondary N) is 1. The van der Waals surface area contributed by atoms with Crippen LogP contribution < -0.4 is 5.32 Å². The standard InChI is InChI=1S/C28H36N2O2/c1-18-15-19(2)25-20(3)26(32-24(25)16-18)27(31)29-17-23(30-13-7-8-14-30)21-9-11-22(12-10-21)28(4,5)6/h9-12,15-16,23H,7-8,13-14,17H2,1-6H3,(H,29,31). The van der Waals surface area contributed by atoms with Crippen LogP contribution >= 0.6 is 0 Å². The first-order chi connectivity index (χ1) is 15.1. The Balaban J connectivity index is 1.56. The van der Waals surface area contributed by atoms with E-state index in [1.165, 1.54) is 24.0 Å². The summed E-state index contributed by atoms with van der Waals surface area (Å²) in [5.41, 5.74) is 6.71. The highest BCUT2D eigenvalue weighted by Gasteiger charge is 2.26. The molecule has 2 heterocycles. The van der Waals surface area contributed by atoms with Gasteiger partial charge >= 0.3 is 0 Å². The number of carbonyl (C=O) groups is 1. The van der Waals surface area contributed by atoms with E-state index in [0.717, 1.165) is 40.7 Å². The van der Waals surface area contributed by atoms with E-state index in [-0.39, 0.29) is 17.4 Å². The van der Waals surface area contributed by atoms with E-state index in [1.54, 1.807) is 0 Å². The van der Waals surface area contributed by atoms with Crippen molar-refractivity contribution in [3.63, 3.8) is 0 Å². The third-order valence-corrected chi connectivity index (χ3v) is 6.78. The molecule has 4 heteroatoms. The summed E-state index contributed by atoms with van der Waals surface area (Å²) in [6.07, 6.45) is 2.43. The number of benzene rings is 2. The number of amides is 1. The van der Waals surface area contributed by atoms with Gasteiger partial charge in [-0.25, -0.2) is 0 Å². The molecule has 1 unspecified atom stereocenters. The fraction of sp³-hybridized carbons (Fsp3) is 0.464. The van der Waals surface area contributed by atoms with Crippen molar-refractivity contribution in [3.8, 4) is 0 Å². The lowest BCUT2D eigenvalue weighted by molar-refractivity contribution is 0.0911. The first-order valence-electron chi connectivity index (χ1n) is 11.8. The average Bonchev–Trinajstić information content (AvgIpc) is 3.36. The Bertz CT molecular complexity index is 1110. The van der Waals surface area contributed by atoms with Crippen molar-refractivity contribution in [3.05, 3.63) is 70.0 Å². The zero-order chi connectivity index (χ0) is 23.0. The highest BCUT2D eigenvalue weighted by Crippen LogP contribution is 2.31. The molecule has 1 saturated heterocycles. The molecule has 1 N–H and O–H groups in total. The highest BCUT2D eigenvalue weighted by atomic mass is 16.3. The van der Waals surface area contributed by atoms with Crippen molar-refractivity contribution in [2.75, 3.05) is 19.6 Å². The Hall–Kier alpha value is -2.59. The van der Waals surface area contributed by atoms with Gasteiger partial charge in [0.05, 0.1) is 6.04 Å². The molecule has 0 aliphatic carbocycles. The van der Waals surface area contributed by atoms with Crippen molar-refractivity contribution in [1.29, 1.82) is 0 Å². The van der Waals surface area contributed by atoms with Crippen molar-refractivity contribution in [2.45, 2.75) is 65.8 Å². The molecule has 1 aliphatic heterocycles. The van der Waals surface area contributed by atoms with E-state index in [1.807, 2.05) is 13.0 Å². The molecule has 1 fully saturated rings. The fourth-order valence-electron chi connectivity index (χ4n) is 4.99. The SMILES string of the molecule is Cc1cc(C)c2c(C)c(C(=O)NCC(c3ccc(C(C)(C)C)cc3)N3CCCC3)oc2c1. The van der Waals surface area contributed by atoms with Gasteiger partial charge in [0.25, 0.3) is 5.91 Å². The molecule has 4 rings (SSSR count). The average molecular weight is 433 g/mol. The van der Waals surface area contributed by atoms with Crippen LogP contribution in [0.25, 0.3) is 11.0 Å². The van der Waals surface area contributed by atoms with Crippen molar-refractivity contribution in [1.82, 2.24) is 10.2 Å². The van der Waals surface area contributed by atoms with Gasteiger partial charge in [0.15, 0.2) is 5.76 Å². The second-order valence-corrected chi connectivity index (χ2v) is 10.4. The monoisotopic (exact) mass is 432 g/mol. The van der Waals surface area contributed by atoms with E-state index in [4.69, 9.17) is 4.42 Å². The van der Waals surface area contributed by atoms with Crippen LogP contribution in [0.3, 0.4) is 0 Å². The molecule has 4 nitrogen and oxygen atoms in total. The Morgan fingerprint density at radius 2 is 1.72 bits per heavy atom. The molecule has 2 aromatic carbocycles. The number of hydrogen-bond acceptors (Lipinski definition) is 3. The predicted octanol–water partition coefficient (Wildman–Crippen LogP) is 6.22. The summed E-state index contributed by atoms with van der Waals surface area (Å²) in [5.74, 6) is 0.295. The number of rotatable bonds is 5. The van der Waals surface area contributed by atoms with E-state index in [2.05, 4.69) is 75.2 Å². The quantitative estimate of drug-likeness (QED) is 0.520. The molecule has 1 atom stereocenters. The Morgan fingerprint density at radius 3 is 2.34 bits per heavy atom. The fourth-order valence-corrected chi connectivity index (χ4v) is 4.99. The minimum Gasteiger partial charge on any atom is -0.451 e. The molecule has 0 saturated carbocycles. The summed E-state index contributed by atoms with van der Waals surface area (Å²) in [6, 6.07) is 13.2. The van der Waals surface area contributed by atoms with Crippen molar-refractivity contribution >= 4 is 16.9 Å². The van der Waals surface area contributed by atoms with E-state index >= 15 is 0 Å². The molecule has 1 aliphatic rings. The summed E-state index contributed by atoms with van der Waals surface area (Å²) < 4.78 is 6.01. The topological polar surface area (TPSA) is 45.5 Å². The molecule has 1 amide bonds. The van der Waals surface area contributed by atoms with Crippen molar-refractivity contribution in [2.24, 2.45) is 0 Å². The third-order valence-electron chi connectivity index (χ3n) is 6.78. The Morgan fingerprint density at radius 1 is 1.06 bits per heavy atom. The molecule has 170 valence electrons. The van der Waals surface area contributed by atoms with Crippen LogP contribution in [0.15, 0.2) is 40.8 Å². The Labute approximate surface area is 192 Å². The number of furan rings is 1. The van der Waals surface area contributed by atoms with E-state index in [0.29, 0.717) is 12.3 Å². The molecule has 0 spiro atoms. The molecular weight excluding hydrogens is 396 g/mol. The van der Waals surface area contributed by atoms with Crippen LogP contribution in [0, 0.1) is 20.8 Å². The first-order valence-corrected chi connectivity index (χ1v) is 11.8. The van der Waals surface area contributed by atoms with Crippen LogP contribution in [0.2, 0.25) is 0 Å². The number of likely N-dealkylation sites (tertiary alicyclic amines) is 1. The van der Waals surface area contributed by atoms with Crippen molar-refractivity contribution < 1.29 is 9.21 Å². The Kier molecular flexibility index (Phi) is 6.17. The minimum absolute atomic E-state index is 0.130. The predicted molar refractivity (Wildman–Crippen MR) is 131 cm³/mol. The van der Waals surface area contributed by atoms with Gasteiger partial charge in [-0.3, -0.25) is 9.69 Å². The number of carbonyl (C=O) groups excluding carboxylic acids is 1. The van der Waals surface area contributed by atoms with Gasteiger partial charge in [-0.2, -0.15) is 0 Å². The second kappa shape index (κ2) is 8.74. The number of hydrogen-bond donors (Lipinski definition) is 1. The maximum absolute atomic E-state index is 13.1. The van der Waals surface area contributed by atoms with Crippen LogP contribution in [0.1, 0.15) is 78.0 Å². The molecule has 3 aromatic rings. The number of nitrogens with zero attached hydrogens (tertiary/aromatic N) is 1. The van der Waals surface area contributed by atoms with Gasteiger partial charge in [-0.15, -0.1) is 0 Å². The summed E-state index contributed by atoms with van der Waals surface area (Å²) >= 11 is 0. The van der Waals surface area contributed by atoms with Gasteiger partial charge in [0, 0.05) is 17.5 Å². The highest BCUT2D eigenvalue weighted by molar-refractivity contribution is 6.00. The molecular formula is C28H36N2O2. The lowest BCUT2D eigenvalue weighted by Gasteiger charge is -2.29. The smallest absolute Gasteiger partial charge is 0.287 e. The van der Waals surface area contributed by atoms with E-state index in [9.17, 15) is 4.79 Å². The summed E-state index contributed by atoms with van der Waals surface area (Å²) in [5, 5.41) is 4.23.